The zero-order valence-corrected chi connectivity index (χ0v) is 20.7. The molecule has 2 heterocycles. The lowest BCUT2D eigenvalue weighted by Gasteiger charge is -2.18. The lowest BCUT2D eigenvalue weighted by molar-refractivity contribution is -0.119. The van der Waals surface area contributed by atoms with Crippen molar-refractivity contribution in [1.29, 1.82) is 0 Å². The van der Waals surface area contributed by atoms with E-state index in [9.17, 15) is 4.79 Å². The summed E-state index contributed by atoms with van der Waals surface area (Å²) in [6.45, 7) is 4.48. The van der Waals surface area contributed by atoms with Crippen LogP contribution in [0.15, 0.2) is 77.3 Å². The predicted octanol–water partition coefficient (Wildman–Crippen LogP) is 4.75. The number of amides is 1. The molecule has 0 bridgehead atoms. The Bertz CT molecular complexity index is 1190. The first-order valence-corrected chi connectivity index (χ1v) is 12.8. The number of carbonyl (C=O) groups excluding carboxylic acids is 1. The summed E-state index contributed by atoms with van der Waals surface area (Å²) in [5.74, 6) is 7.89. The average molecular weight is 494 g/mol. The van der Waals surface area contributed by atoms with Gasteiger partial charge in [0.1, 0.15) is 12.4 Å². The van der Waals surface area contributed by atoms with Gasteiger partial charge < -0.3 is 15.9 Å². The first kappa shape index (κ1) is 23.8. The van der Waals surface area contributed by atoms with E-state index in [1.165, 1.54) is 22.0 Å². The molecule has 0 radical (unpaired) electrons. The van der Waals surface area contributed by atoms with Gasteiger partial charge in [-0.25, -0.2) is 4.68 Å². The molecule has 4 rings (SSSR count). The highest BCUT2D eigenvalue weighted by atomic mass is 32.2. The highest BCUT2D eigenvalue weighted by molar-refractivity contribution is 7.99. The molecule has 1 amide bonds. The van der Waals surface area contributed by atoms with E-state index in [1.54, 1.807) is 11.3 Å². The van der Waals surface area contributed by atoms with Gasteiger partial charge in [0.15, 0.2) is 5.82 Å². The minimum Gasteiger partial charge on any atom is -0.486 e. The smallest absolute Gasteiger partial charge is 0.231 e. The van der Waals surface area contributed by atoms with Crippen molar-refractivity contribution in [3.05, 3.63) is 93.9 Å². The summed E-state index contributed by atoms with van der Waals surface area (Å²) in [6, 6.07) is 21.7. The first-order valence-electron chi connectivity index (χ1n) is 10.9. The van der Waals surface area contributed by atoms with E-state index < -0.39 is 0 Å². The second kappa shape index (κ2) is 11.2. The lowest BCUT2D eigenvalue weighted by atomic mass is 10.0. The molecule has 0 spiro atoms. The van der Waals surface area contributed by atoms with Gasteiger partial charge in [-0.2, -0.15) is 0 Å². The molecule has 2 aromatic heterocycles. The lowest BCUT2D eigenvalue weighted by Crippen LogP contribution is -2.30. The van der Waals surface area contributed by atoms with Gasteiger partial charge in [0.2, 0.25) is 11.1 Å². The number of carbonyl (C=O) groups is 1. The fourth-order valence-electron chi connectivity index (χ4n) is 3.35. The summed E-state index contributed by atoms with van der Waals surface area (Å²) >= 11 is 2.85. The Hall–Kier alpha value is -3.30. The van der Waals surface area contributed by atoms with Gasteiger partial charge in [0.25, 0.3) is 0 Å². The maximum atomic E-state index is 12.7. The summed E-state index contributed by atoms with van der Waals surface area (Å²) in [5, 5.41) is 13.8. The third-order valence-electron chi connectivity index (χ3n) is 5.25. The number of thioether (sulfide) groups is 1. The number of nitrogens with two attached hydrogens (primary N) is 1. The van der Waals surface area contributed by atoms with E-state index in [1.807, 2.05) is 72.1 Å². The maximum Gasteiger partial charge on any atom is 0.231 e. The van der Waals surface area contributed by atoms with Gasteiger partial charge in [-0.15, -0.1) is 21.5 Å². The van der Waals surface area contributed by atoms with Crippen LogP contribution in [-0.2, 0) is 11.4 Å². The van der Waals surface area contributed by atoms with Crippen LogP contribution in [0, 0.1) is 0 Å². The summed E-state index contributed by atoms with van der Waals surface area (Å²) in [7, 11) is 0. The number of benzene rings is 2. The minimum atomic E-state index is -0.198. The zero-order valence-electron chi connectivity index (χ0n) is 19.0. The van der Waals surface area contributed by atoms with Crippen LogP contribution < -0.4 is 15.9 Å². The van der Waals surface area contributed by atoms with Crippen molar-refractivity contribution in [1.82, 2.24) is 20.2 Å². The Kier molecular flexibility index (Phi) is 7.87. The van der Waals surface area contributed by atoms with Gasteiger partial charge in [0.05, 0.1) is 11.8 Å². The summed E-state index contributed by atoms with van der Waals surface area (Å²) in [6.07, 6.45) is 0. The molecule has 0 fully saturated rings. The standard InChI is InChI=1S/C25H27N5O2S2/c1-17(2)18-10-12-20(13-11-18)32-15-22-28-29-25(30(22)26)34-16-23(31)27-24(21-9-6-14-33-21)19-7-4-3-5-8-19/h3-14,17,24H,15-16,26H2,1-2H3,(H,27,31). The van der Waals surface area contributed by atoms with Crippen LogP contribution in [0.2, 0.25) is 0 Å². The van der Waals surface area contributed by atoms with E-state index in [0.717, 1.165) is 16.2 Å². The Labute approximate surface area is 207 Å². The average Bonchev–Trinajstić information content (AvgIpc) is 3.51. The van der Waals surface area contributed by atoms with E-state index in [-0.39, 0.29) is 24.3 Å². The van der Waals surface area contributed by atoms with Crippen LogP contribution in [0.3, 0.4) is 0 Å². The number of ether oxygens (including phenoxy) is 1. The quantitative estimate of drug-likeness (QED) is 0.244. The van der Waals surface area contributed by atoms with Gasteiger partial charge in [-0.1, -0.05) is 74.1 Å². The van der Waals surface area contributed by atoms with E-state index >= 15 is 0 Å². The molecule has 176 valence electrons. The maximum absolute atomic E-state index is 12.7. The van der Waals surface area contributed by atoms with Crippen molar-refractivity contribution in [2.24, 2.45) is 0 Å². The molecular weight excluding hydrogens is 466 g/mol. The van der Waals surface area contributed by atoms with Crippen LogP contribution in [0.25, 0.3) is 0 Å². The number of rotatable bonds is 10. The van der Waals surface area contributed by atoms with E-state index in [4.69, 9.17) is 10.6 Å². The minimum absolute atomic E-state index is 0.113. The summed E-state index contributed by atoms with van der Waals surface area (Å²) in [5.41, 5.74) is 2.28. The molecule has 0 saturated heterocycles. The monoisotopic (exact) mass is 493 g/mol. The Balaban J connectivity index is 1.33. The number of nitrogens with one attached hydrogen (secondary N) is 1. The topological polar surface area (TPSA) is 95.1 Å². The van der Waals surface area contributed by atoms with Crippen LogP contribution in [0.4, 0.5) is 0 Å². The highest BCUT2D eigenvalue weighted by Crippen LogP contribution is 2.26. The third kappa shape index (κ3) is 5.98. The fraction of sp³-hybridized carbons (Fsp3) is 0.240. The molecule has 0 aliphatic carbocycles. The second-order valence-corrected chi connectivity index (χ2v) is 9.92. The molecule has 0 aliphatic heterocycles. The van der Waals surface area contributed by atoms with Crippen molar-refractivity contribution in [2.45, 2.75) is 37.6 Å². The van der Waals surface area contributed by atoms with E-state index in [0.29, 0.717) is 16.9 Å². The normalized spacial score (nSPS) is 12.0. The molecule has 2 aromatic carbocycles. The van der Waals surface area contributed by atoms with Crippen LogP contribution in [0.1, 0.15) is 47.6 Å². The molecule has 0 aliphatic rings. The summed E-state index contributed by atoms with van der Waals surface area (Å²) < 4.78 is 7.17. The van der Waals surface area contributed by atoms with Gasteiger partial charge in [-0.05, 0) is 40.6 Å². The van der Waals surface area contributed by atoms with Crippen molar-refractivity contribution < 1.29 is 9.53 Å². The summed E-state index contributed by atoms with van der Waals surface area (Å²) in [4.78, 5) is 13.8. The molecule has 1 atom stereocenters. The molecule has 34 heavy (non-hydrogen) atoms. The van der Waals surface area contributed by atoms with Crippen LogP contribution in [-0.4, -0.2) is 26.5 Å². The highest BCUT2D eigenvalue weighted by Gasteiger charge is 2.19. The number of aromatic nitrogens is 3. The zero-order chi connectivity index (χ0) is 23.9. The molecule has 7 nitrogen and oxygen atoms in total. The Morgan fingerprint density at radius 3 is 2.50 bits per heavy atom. The number of hydrogen-bond acceptors (Lipinski definition) is 7. The number of nitrogens with zero attached hydrogens (tertiary/aromatic N) is 3. The van der Waals surface area contributed by atoms with Crippen molar-refractivity contribution in [3.8, 4) is 5.75 Å². The molecule has 0 saturated carbocycles. The predicted molar refractivity (Wildman–Crippen MR) is 137 cm³/mol. The van der Waals surface area contributed by atoms with Crippen LogP contribution in [0.5, 0.6) is 5.75 Å². The van der Waals surface area contributed by atoms with Gasteiger partial charge in [0, 0.05) is 4.88 Å². The van der Waals surface area contributed by atoms with Gasteiger partial charge in [-0.3, -0.25) is 4.79 Å². The Morgan fingerprint density at radius 1 is 1.06 bits per heavy atom. The van der Waals surface area contributed by atoms with E-state index in [2.05, 4.69) is 29.4 Å². The molecular formula is C25H27N5O2S2. The number of thiophene rings is 1. The largest absolute Gasteiger partial charge is 0.486 e. The number of hydrogen-bond donors (Lipinski definition) is 2. The fourth-order valence-corrected chi connectivity index (χ4v) is 4.84. The van der Waals surface area contributed by atoms with Crippen LogP contribution >= 0.6 is 23.1 Å². The SMILES string of the molecule is CC(C)c1ccc(OCc2nnc(SCC(=O)NC(c3ccccc3)c3cccs3)n2N)cc1. The molecule has 1 unspecified atom stereocenters. The first-order chi connectivity index (χ1) is 16.5. The number of nitrogen functional groups attached to an aromatic ring is 1. The van der Waals surface area contributed by atoms with Crippen molar-refractivity contribution in [2.75, 3.05) is 11.6 Å². The third-order valence-corrected chi connectivity index (χ3v) is 7.13. The molecule has 4 aromatic rings. The van der Waals surface area contributed by atoms with Crippen molar-refractivity contribution in [3.63, 3.8) is 0 Å². The van der Waals surface area contributed by atoms with Gasteiger partial charge >= 0.3 is 0 Å². The molecule has 9 heteroatoms. The Morgan fingerprint density at radius 2 is 1.82 bits per heavy atom. The second-order valence-electron chi connectivity index (χ2n) is 8.00. The van der Waals surface area contributed by atoms with Crippen molar-refractivity contribution >= 4 is 29.0 Å². The molecule has 3 N–H and O–H groups in total.